The van der Waals surface area contributed by atoms with Gasteiger partial charge in [-0.25, -0.2) is 9.97 Å². The summed E-state index contributed by atoms with van der Waals surface area (Å²) in [6, 6.07) is 2.13. The van der Waals surface area contributed by atoms with Crippen molar-refractivity contribution in [1.82, 2.24) is 25.5 Å². The van der Waals surface area contributed by atoms with Gasteiger partial charge in [0.1, 0.15) is 0 Å². The molecule has 8 heteroatoms. The molecule has 1 aliphatic rings. The average molecular weight is 361 g/mol. The maximum atomic E-state index is 12.4. The monoisotopic (exact) mass is 361 g/mol. The molecule has 144 valence electrons. The van der Waals surface area contributed by atoms with Crippen molar-refractivity contribution in [3.8, 4) is 0 Å². The van der Waals surface area contributed by atoms with E-state index in [0.29, 0.717) is 38.0 Å². The van der Waals surface area contributed by atoms with E-state index in [9.17, 15) is 4.79 Å². The van der Waals surface area contributed by atoms with Gasteiger partial charge in [-0.1, -0.05) is 13.8 Å². The van der Waals surface area contributed by atoms with Gasteiger partial charge in [-0.2, -0.15) is 0 Å². The molecule has 1 aromatic heterocycles. The summed E-state index contributed by atoms with van der Waals surface area (Å²) in [5, 5.41) is 6.56. The number of piperazine rings is 1. The van der Waals surface area contributed by atoms with Gasteiger partial charge >= 0.3 is 0 Å². The highest BCUT2D eigenvalue weighted by Crippen LogP contribution is 2.10. The topological polar surface area (TPSA) is 85.8 Å². The van der Waals surface area contributed by atoms with E-state index in [-0.39, 0.29) is 5.91 Å². The SMILES string of the molecule is CN=C(NCCC(=O)N1CCN(c2ncccn2)CC1)NC(C)C(C)C. The number of amides is 1. The minimum absolute atomic E-state index is 0.165. The Morgan fingerprint density at radius 1 is 1.19 bits per heavy atom. The van der Waals surface area contributed by atoms with Crippen LogP contribution >= 0.6 is 0 Å². The first-order chi connectivity index (χ1) is 12.5. The Bertz CT molecular complexity index is 582. The van der Waals surface area contributed by atoms with E-state index < -0.39 is 0 Å². The van der Waals surface area contributed by atoms with Crippen molar-refractivity contribution < 1.29 is 4.79 Å². The Balaban J connectivity index is 1.70. The largest absolute Gasteiger partial charge is 0.356 e. The second-order valence-corrected chi connectivity index (χ2v) is 6.84. The number of aromatic nitrogens is 2. The third-order valence-electron chi connectivity index (χ3n) is 4.69. The molecular formula is C18H31N7O. The molecule has 1 aromatic rings. The molecule has 8 nitrogen and oxygen atoms in total. The number of hydrogen-bond acceptors (Lipinski definition) is 5. The van der Waals surface area contributed by atoms with Crippen LogP contribution < -0.4 is 15.5 Å². The van der Waals surface area contributed by atoms with Crippen LogP contribution in [0, 0.1) is 5.92 Å². The van der Waals surface area contributed by atoms with Crippen LogP contribution in [-0.4, -0.2) is 72.5 Å². The number of aliphatic imine (C=N–C) groups is 1. The van der Waals surface area contributed by atoms with Crippen LogP contribution in [0.1, 0.15) is 27.2 Å². The normalized spacial score (nSPS) is 16.6. The van der Waals surface area contributed by atoms with Crippen molar-refractivity contribution in [2.75, 3.05) is 44.7 Å². The van der Waals surface area contributed by atoms with Crippen LogP contribution in [0.2, 0.25) is 0 Å². The van der Waals surface area contributed by atoms with Crippen LogP contribution in [0.3, 0.4) is 0 Å². The number of rotatable bonds is 6. The van der Waals surface area contributed by atoms with E-state index in [0.717, 1.165) is 25.0 Å². The predicted molar refractivity (Wildman–Crippen MR) is 104 cm³/mol. The van der Waals surface area contributed by atoms with E-state index in [1.54, 1.807) is 25.5 Å². The molecule has 2 heterocycles. The summed E-state index contributed by atoms with van der Waals surface area (Å²) in [7, 11) is 1.75. The number of nitrogens with zero attached hydrogens (tertiary/aromatic N) is 5. The molecular weight excluding hydrogens is 330 g/mol. The van der Waals surface area contributed by atoms with Gasteiger partial charge in [-0.05, 0) is 18.9 Å². The lowest BCUT2D eigenvalue weighted by Crippen LogP contribution is -2.50. The fourth-order valence-electron chi connectivity index (χ4n) is 2.63. The average Bonchev–Trinajstić information content (AvgIpc) is 2.67. The highest BCUT2D eigenvalue weighted by Gasteiger charge is 2.22. The number of carbonyl (C=O) groups excluding carboxylic acids is 1. The minimum Gasteiger partial charge on any atom is -0.356 e. The first-order valence-electron chi connectivity index (χ1n) is 9.28. The first kappa shape index (κ1) is 19.9. The van der Waals surface area contributed by atoms with Gasteiger partial charge in [-0.3, -0.25) is 9.79 Å². The van der Waals surface area contributed by atoms with Gasteiger partial charge in [0.15, 0.2) is 5.96 Å². The van der Waals surface area contributed by atoms with Gasteiger partial charge < -0.3 is 20.4 Å². The molecule has 1 saturated heterocycles. The zero-order chi connectivity index (χ0) is 18.9. The van der Waals surface area contributed by atoms with Crippen LogP contribution in [0.4, 0.5) is 5.95 Å². The van der Waals surface area contributed by atoms with Gasteiger partial charge in [-0.15, -0.1) is 0 Å². The molecule has 1 unspecified atom stereocenters. The van der Waals surface area contributed by atoms with Crippen molar-refractivity contribution in [1.29, 1.82) is 0 Å². The molecule has 1 fully saturated rings. The van der Waals surface area contributed by atoms with E-state index >= 15 is 0 Å². The molecule has 0 spiro atoms. The molecule has 0 saturated carbocycles. The molecule has 2 N–H and O–H groups in total. The first-order valence-corrected chi connectivity index (χ1v) is 9.28. The number of nitrogens with one attached hydrogen (secondary N) is 2. The Kier molecular flexibility index (Phi) is 7.62. The lowest BCUT2D eigenvalue weighted by atomic mass is 10.1. The minimum atomic E-state index is 0.165. The quantitative estimate of drug-likeness (QED) is 0.574. The number of carbonyl (C=O) groups is 1. The maximum Gasteiger partial charge on any atom is 0.225 e. The molecule has 0 bridgehead atoms. The molecule has 1 aliphatic heterocycles. The van der Waals surface area contributed by atoms with Gasteiger partial charge in [0, 0.05) is 64.6 Å². The Morgan fingerprint density at radius 2 is 1.85 bits per heavy atom. The summed E-state index contributed by atoms with van der Waals surface area (Å²) in [6.45, 7) is 9.95. The van der Waals surface area contributed by atoms with Crippen LogP contribution in [0.15, 0.2) is 23.5 Å². The number of anilines is 1. The van der Waals surface area contributed by atoms with E-state index in [1.807, 2.05) is 4.90 Å². The zero-order valence-corrected chi connectivity index (χ0v) is 16.3. The van der Waals surface area contributed by atoms with Gasteiger partial charge in [0.05, 0.1) is 0 Å². The van der Waals surface area contributed by atoms with Gasteiger partial charge in [0.25, 0.3) is 0 Å². The summed E-state index contributed by atoms with van der Waals surface area (Å²) in [6.07, 6.45) is 3.94. The second kappa shape index (κ2) is 9.94. The lowest BCUT2D eigenvalue weighted by Gasteiger charge is -2.34. The Morgan fingerprint density at radius 3 is 2.42 bits per heavy atom. The van der Waals surface area contributed by atoms with Crippen LogP contribution in [0.5, 0.6) is 0 Å². The smallest absolute Gasteiger partial charge is 0.225 e. The summed E-state index contributed by atoms with van der Waals surface area (Å²) < 4.78 is 0. The zero-order valence-electron chi connectivity index (χ0n) is 16.3. The fourth-order valence-corrected chi connectivity index (χ4v) is 2.63. The van der Waals surface area contributed by atoms with Gasteiger partial charge in [0.2, 0.25) is 11.9 Å². The second-order valence-electron chi connectivity index (χ2n) is 6.84. The van der Waals surface area contributed by atoms with Crippen LogP contribution in [-0.2, 0) is 4.79 Å². The third kappa shape index (κ3) is 5.86. The molecule has 1 atom stereocenters. The predicted octanol–water partition coefficient (Wildman–Crippen LogP) is 0.725. The molecule has 1 amide bonds. The van der Waals surface area contributed by atoms with Crippen molar-refractivity contribution in [3.63, 3.8) is 0 Å². The van der Waals surface area contributed by atoms with E-state index in [4.69, 9.17) is 0 Å². The highest BCUT2D eigenvalue weighted by molar-refractivity contribution is 5.81. The van der Waals surface area contributed by atoms with Crippen molar-refractivity contribution in [2.24, 2.45) is 10.9 Å². The summed E-state index contributed by atoms with van der Waals surface area (Å²) in [4.78, 5) is 29.2. The molecule has 0 aliphatic carbocycles. The lowest BCUT2D eigenvalue weighted by molar-refractivity contribution is -0.131. The fraction of sp³-hybridized carbons (Fsp3) is 0.667. The van der Waals surface area contributed by atoms with Crippen molar-refractivity contribution >= 4 is 17.8 Å². The Hall–Kier alpha value is -2.38. The standard InChI is InChI=1S/C18H31N7O/c1-14(2)15(3)23-17(19-4)20-9-6-16(26)24-10-12-25(13-11-24)18-21-7-5-8-22-18/h5,7-8,14-15H,6,9-13H2,1-4H3,(H2,19,20,23). The molecule has 26 heavy (non-hydrogen) atoms. The molecule has 2 rings (SSSR count). The van der Waals surface area contributed by atoms with Crippen molar-refractivity contribution in [3.05, 3.63) is 18.5 Å². The number of hydrogen-bond donors (Lipinski definition) is 2. The number of guanidine groups is 1. The maximum absolute atomic E-state index is 12.4. The summed E-state index contributed by atoms with van der Waals surface area (Å²) in [5.41, 5.74) is 0. The van der Waals surface area contributed by atoms with Crippen LogP contribution in [0.25, 0.3) is 0 Å². The highest BCUT2D eigenvalue weighted by atomic mass is 16.2. The summed E-state index contributed by atoms with van der Waals surface area (Å²) in [5.74, 6) is 2.15. The van der Waals surface area contributed by atoms with Crippen molar-refractivity contribution in [2.45, 2.75) is 33.2 Å². The summed E-state index contributed by atoms with van der Waals surface area (Å²) >= 11 is 0. The van der Waals surface area contributed by atoms with E-state index in [1.165, 1.54) is 0 Å². The van der Waals surface area contributed by atoms with E-state index in [2.05, 4.69) is 51.3 Å². The Labute approximate surface area is 156 Å². The molecule has 0 aromatic carbocycles. The molecule has 0 radical (unpaired) electrons. The third-order valence-corrected chi connectivity index (χ3v) is 4.69.